The van der Waals surface area contributed by atoms with Gasteiger partial charge < -0.3 is 10.1 Å². The van der Waals surface area contributed by atoms with Crippen LogP contribution in [0.5, 0.6) is 5.75 Å². The van der Waals surface area contributed by atoms with Gasteiger partial charge in [-0.3, -0.25) is 4.79 Å². The Labute approximate surface area is 120 Å². The molecule has 104 valence electrons. The molecule has 19 heavy (non-hydrogen) atoms. The van der Waals surface area contributed by atoms with Gasteiger partial charge in [0.1, 0.15) is 11.6 Å². The second kappa shape index (κ2) is 6.37. The van der Waals surface area contributed by atoms with Gasteiger partial charge in [-0.1, -0.05) is 28.8 Å². The highest BCUT2D eigenvalue weighted by molar-refractivity contribution is 9.09. The first-order chi connectivity index (χ1) is 9.11. The second-order valence-corrected chi connectivity index (χ2v) is 5.90. The van der Waals surface area contributed by atoms with Crippen LogP contribution in [0.3, 0.4) is 0 Å². The average Bonchev–Trinajstić information content (AvgIpc) is 2.41. The van der Waals surface area contributed by atoms with E-state index in [2.05, 4.69) is 21.2 Å². The molecule has 1 aromatic carbocycles. The summed E-state index contributed by atoms with van der Waals surface area (Å²) in [6.07, 6.45) is 4.23. The first kappa shape index (κ1) is 14.3. The molecule has 2 unspecified atom stereocenters. The summed E-state index contributed by atoms with van der Waals surface area (Å²) >= 11 is 3.57. The molecule has 1 N–H and O–H groups in total. The van der Waals surface area contributed by atoms with Crippen LogP contribution in [0.25, 0.3) is 0 Å². The smallest absolute Gasteiger partial charge is 0.254 e. The van der Waals surface area contributed by atoms with Gasteiger partial charge in [0, 0.05) is 16.9 Å². The molecule has 0 radical (unpaired) electrons. The lowest BCUT2D eigenvalue weighted by atomic mass is 9.95. The zero-order valence-electron chi connectivity index (χ0n) is 10.8. The van der Waals surface area contributed by atoms with Gasteiger partial charge in [-0.05, 0) is 25.0 Å². The molecule has 2 rings (SSSR count). The lowest BCUT2D eigenvalue weighted by Crippen LogP contribution is -2.42. The molecule has 1 aliphatic carbocycles. The van der Waals surface area contributed by atoms with Gasteiger partial charge in [-0.25, -0.2) is 4.39 Å². The summed E-state index contributed by atoms with van der Waals surface area (Å²) in [5.41, 5.74) is 0.0612. The summed E-state index contributed by atoms with van der Waals surface area (Å²) in [6.45, 7) is 0. The van der Waals surface area contributed by atoms with Crippen molar-refractivity contribution in [2.24, 2.45) is 0 Å². The number of ether oxygens (including phenoxy) is 1. The standard InChI is InChI=1S/C14H17BrFNO2/c1-19-9-6-7-10(12(16)8-9)14(18)17-13-5-3-2-4-11(13)15/h6-8,11,13H,2-5H2,1H3,(H,17,18). The Morgan fingerprint density at radius 2 is 2.16 bits per heavy atom. The number of carbonyl (C=O) groups is 1. The number of methoxy groups -OCH3 is 1. The SMILES string of the molecule is COc1ccc(C(=O)NC2CCCCC2Br)c(F)c1. The van der Waals surface area contributed by atoms with E-state index in [4.69, 9.17) is 4.74 Å². The van der Waals surface area contributed by atoms with Crippen LogP contribution in [-0.4, -0.2) is 23.9 Å². The molecule has 3 nitrogen and oxygen atoms in total. The van der Waals surface area contributed by atoms with Crippen molar-refractivity contribution in [1.29, 1.82) is 0 Å². The van der Waals surface area contributed by atoms with Gasteiger partial charge >= 0.3 is 0 Å². The van der Waals surface area contributed by atoms with E-state index >= 15 is 0 Å². The minimum atomic E-state index is -0.557. The maximum atomic E-state index is 13.8. The zero-order chi connectivity index (χ0) is 13.8. The summed E-state index contributed by atoms with van der Waals surface area (Å²) in [7, 11) is 1.46. The van der Waals surface area contributed by atoms with E-state index in [9.17, 15) is 9.18 Å². The van der Waals surface area contributed by atoms with Crippen LogP contribution in [0.4, 0.5) is 4.39 Å². The van der Waals surface area contributed by atoms with E-state index in [0.717, 1.165) is 19.3 Å². The van der Waals surface area contributed by atoms with E-state index in [1.807, 2.05) is 0 Å². The van der Waals surface area contributed by atoms with Crippen LogP contribution in [0.2, 0.25) is 0 Å². The highest BCUT2D eigenvalue weighted by Crippen LogP contribution is 2.25. The molecule has 0 aromatic heterocycles. The highest BCUT2D eigenvalue weighted by atomic mass is 79.9. The number of benzene rings is 1. The number of amides is 1. The van der Waals surface area contributed by atoms with Crippen molar-refractivity contribution in [3.63, 3.8) is 0 Å². The monoisotopic (exact) mass is 329 g/mol. The summed E-state index contributed by atoms with van der Waals surface area (Å²) in [5, 5.41) is 2.90. The van der Waals surface area contributed by atoms with Gasteiger partial charge in [0.15, 0.2) is 0 Å². The van der Waals surface area contributed by atoms with E-state index in [1.54, 1.807) is 6.07 Å². The van der Waals surface area contributed by atoms with Gasteiger partial charge in [0.05, 0.1) is 12.7 Å². The van der Waals surface area contributed by atoms with Gasteiger partial charge in [-0.2, -0.15) is 0 Å². The average molecular weight is 330 g/mol. The van der Waals surface area contributed by atoms with Crippen molar-refractivity contribution in [3.05, 3.63) is 29.6 Å². The molecule has 0 saturated heterocycles. The van der Waals surface area contributed by atoms with Crippen molar-refractivity contribution in [1.82, 2.24) is 5.32 Å². The number of halogens is 2. The number of rotatable bonds is 3. The normalized spacial score (nSPS) is 22.9. The molecule has 0 spiro atoms. The van der Waals surface area contributed by atoms with Crippen LogP contribution in [-0.2, 0) is 0 Å². The minimum Gasteiger partial charge on any atom is -0.497 e. The predicted molar refractivity (Wildman–Crippen MR) is 75.4 cm³/mol. The molecule has 0 aliphatic heterocycles. The van der Waals surface area contributed by atoms with Crippen LogP contribution in [0.1, 0.15) is 36.0 Å². The van der Waals surface area contributed by atoms with Crippen molar-refractivity contribution in [3.8, 4) is 5.75 Å². The molecule has 0 heterocycles. The van der Waals surface area contributed by atoms with Crippen LogP contribution in [0.15, 0.2) is 18.2 Å². The van der Waals surface area contributed by atoms with Crippen LogP contribution >= 0.6 is 15.9 Å². The van der Waals surface area contributed by atoms with E-state index in [0.29, 0.717) is 5.75 Å². The third-order valence-electron chi connectivity index (χ3n) is 3.42. The lowest BCUT2D eigenvalue weighted by molar-refractivity contribution is 0.0925. The summed E-state index contributed by atoms with van der Waals surface area (Å²) in [5.74, 6) is -0.514. The maximum absolute atomic E-state index is 13.8. The number of alkyl halides is 1. The maximum Gasteiger partial charge on any atom is 0.254 e. The molecule has 1 saturated carbocycles. The number of carbonyl (C=O) groups excluding carboxylic acids is 1. The van der Waals surface area contributed by atoms with E-state index in [-0.39, 0.29) is 22.3 Å². The Balaban J connectivity index is 2.07. The Hall–Kier alpha value is -1.10. The fourth-order valence-electron chi connectivity index (χ4n) is 2.30. The Morgan fingerprint density at radius 3 is 2.79 bits per heavy atom. The van der Waals surface area contributed by atoms with Gasteiger partial charge in [-0.15, -0.1) is 0 Å². The van der Waals surface area contributed by atoms with Crippen molar-refractivity contribution in [2.45, 2.75) is 36.6 Å². The molecule has 5 heteroatoms. The van der Waals surface area contributed by atoms with Gasteiger partial charge in [0.25, 0.3) is 5.91 Å². The second-order valence-electron chi connectivity index (χ2n) is 4.73. The first-order valence-electron chi connectivity index (χ1n) is 6.40. The van der Waals surface area contributed by atoms with Crippen molar-refractivity contribution >= 4 is 21.8 Å². The third kappa shape index (κ3) is 3.47. The predicted octanol–water partition coefficient (Wildman–Crippen LogP) is 3.27. The fourth-order valence-corrected chi connectivity index (χ4v) is 3.02. The third-order valence-corrected chi connectivity index (χ3v) is 4.51. The Kier molecular flexibility index (Phi) is 4.80. The van der Waals surface area contributed by atoms with Crippen molar-refractivity contribution < 1.29 is 13.9 Å². The summed E-state index contributed by atoms with van der Waals surface area (Å²) < 4.78 is 18.7. The number of hydrogen-bond acceptors (Lipinski definition) is 2. The van der Waals surface area contributed by atoms with E-state index < -0.39 is 5.82 Å². The molecule has 1 fully saturated rings. The lowest BCUT2D eigenvalue weighted by Gasteiger charge is -2.28. The zero-order valence-corrected chi connectivity index (χ0v) is 12.4. The van der Waals surface area contributed by atoms with Gasteiger partial charge in [0.2, 0.25) is 0 Å². The quantitative estimate of drug-likeness (QED) is 0.864. The minimum absolute atomic E-state index is 0.0612. The molecule has 1 aliphatic rings. The Morgan fingerprint density at radius 1 is 1.42 bits per heavy atom. The molecule has 2 atom stereocenters. The molecule has 1 aromatic rings. The first-order valence-corrected chi connectivity index (χ1v) is 7.32. The van der Waals surface area contributed by atoms with Crippen molar-refractivity contribution in [2.75, 3.05) is 7.11 Å². The summed E-state index contributed by atoms with van der Waals surface area (Å²) in [4.78, 5) is 12.3. The number of hydrogen-bond donors (Lipinski definition) is 1. The summed E-state index contributed by atoms with van der Waals surface area (Å²) in [6, 6.07) is 4.34. The largest absolute Gasteiger partial charge is 0.497 e. The topological polar surface area (TPSA) is 38.3 Å². The number of nitrogens with one attached hydrogen (secondary N) is 1. The molecular formula is C14H17BrFNO2. The van der Waals surface area contributed by atoms with E-state index in [1.165, 1.54) is 25.7 Å². The Bertz CT molecular complexity index is 467. The molecule has 1 amide bonds. The van der Waals surface area contributed by atoms with Crippen LogP contribution < -0.4 is 10.1 Å². The fraction of sp³-hybridized carbons (Fsp3) is 0.500. The molecule has 0 bridgehead atoms. The highest BCUT2D eigenvalue weighted by Gasteiger charge is 2.25. The van der Waals surface area contributed by atoms with Crippen LogP contribution in [0, 0.1) is 5.82 Å². The molecular weight excluding hydrogens is 313 g/mol.